The van der Waals surface area contributed by atoms with E-state index in [0.717, 1.165) is 0 Å². The van der Waals surface area contributed by atoms with Gasteiger partial charge in [-0.25, -0.2) is 0 Å². The quantitative estimate of drug-likeness (QED) is 0.698. The first-order chi connectivity index (χ1) is 6.58. The van der Waals surface area contributed by atoms with Gasteiger partial charge in [0, 0.05) is 6.42 Å². The second-order valence-electron chi connectivity index (χ2n) is 3.67. The number of carbonyl (C=O) groups is 1. The van der Waals surface area contributed by atoms with Crippen molar-refractivity contribution in [3.63, 3.8) is 0 Å². The Kier molecular flexibility index (Phi) is 5.03. The molecule has 0 saturated heterocycles. The van der Waals surface area contributed by atoms with E-state index < -0.39 is 31.9 Å². The molecule has 4 nitrogen and oxygen atoms in total. The summed E-state index contributed by atoms with van der Waals surface area (Å²) in [7, 11) is -4.70. The molecular weight excluding hydrogens is 229 g/mol. The molecule has 0 rings (SSSR count). The Hall–Kier alpha value is -0.320. The van der Waals surface area contributed by atoms with Crippen molar-refractivity contribution in [2.45, 2.75) is 32.6 Å². The van der Waals surface area contributed by atoms with E-state index in [1.54, 1.807) is 13.8 Å². The fourth-order valence-corrected chi connectivity index (χ4v) is 1.60. The molecule has 0 aliphatic carbocycles. The number of alkyl halides is 2. The van der Waals surface area contributed by atoms with Crippen molar-refractivity contribution in [1.29, 1.82) is 0 Å². The maximum Gasteiger partial charge on any atom is 0.333 e. The van der Waals surface area contributed by atoms with E-state index in [2.05, 4.69) is 0 Å². The van der Waals surface area contributed by atoms with E-state index in [0.29, 0.717) is 6.42 Å². The average Bonchev–Trinajstić information content (AvgIpc) is 2.00. The van der Waals surface area contributed by atoms with E-state index in [9.17, 15) is 18.1 Å². The molecule has 0 aliphatic rings. The molecule has 0 heterocycles. The zero-order chi connectivity index (χ0) is 12.3. The molecule has 7 heteroatoms. The lowest BCUT2D eigenvalue weighted by Gasteiger charge is -2.18. The Balaban J connectivity index is 4.46. The molecule has 15 heavy (non-hydrogen) atoms. The number of hydrogen-bond donors (Lipinski definition) is 2. The number of halogens is 2. The van der Waals surface area contributed by atoms with Gasteiger partial charge in [-0.1, -0.05) is 20.3 Å². The molecule has 2 N–H and O–H groups in total. The van der Waals surface area contributed by atoms with Gasteiger partial charge in [0.1, 0.15) is 6.16 Å². The third-order valence-corrected chi connectivity index (χ3v) is 2.76. The van der Waals surface area contributed by atoms with Gasteiger partial charge >= 0.3 is 13.5 Å². The summed E-state index contributed by atoms with van der Waals surface area (Å²) >= 11 is 0. The topological polar surface area (TPSA) is 74.6 Å². The highest BCUT2D eigenvalue weighted by atomic mass is 31.2. The summed E-state index contributed by atoms with van der Waals surface area (Å²) in [5.74, 6) is -5.69. The first-order valence-corrected chi connectivity index (χ1v) is 6.34. The normalized spacial score (nSPS) is 15.1. The molecule has 0 bridgehead atoms. The molecule has 90 valence electrons. The molecule has 0 amide bonds. The molecule has 0 aromatic carbocycles. The number of carbonyl (C=O) groups excluding carboxylic acids is 1. The number of Topliss-reactive ketones (excluding diaryl/α,β-unsaturated/α-hetero) is 1. The van der Waals surface area contributed by atoms with Crippen molar-refractivity contribution in [1.82, 2.24) is 0 Å². The van der Waals surface area contributed by atoms with Crippen LogP contribution in [-0.4, -0.2) is 27.7 Å². The zero-order valence-electron chi connectivity index (χ0n) is 8.61. The van der Waals surface area contributed by atoms with Crippen molar-refractivity contribution >= 4 is 13.4 Å². The third-order valence-electron chi connectivity index (χ3n) is 2.06. The molecule has 0 saturated carbocycles. The van der Waals surface area contributed by atoms with Gasteiger partial charge < -0.3 is 9.79 Å². The van der Waals surface area contributed by atoms with Crippen molar-refractivity contribution in [3.05, 3.63) is 0 Å². The van der Waals surface area contributed by atoms with Crippen LogP contribution in [0.5, 0.6) is 0 Å². The Morgan fingerprint density at radius 3 is 2.27 bits per heavy atom. The van der Waals surface area contributed by atoms with Crippen LogP contribution in [0.2, 0.25) is 0 Å². The van der Waals surface area contributed by atoms with Gasteiger partial charge in [0.15, 0.2) is 0 Å². The Morgan fingerprint density at radius 1 is 1.47 bits per heavy atom. The van der Waals surface area contributed by atoms with Crippen LogP contribution in [-0.2, 0) is 9.36 Å². The summed E-state index contributed by atoms with van der Waals surface area (Å²) in [6, 6.07) is 0. The highest BCUT2D eigenvalue weighted by molar-refractivity contribution is 7.52. The molecule has 0 aliphatic heterocycles. The molecule has 1 unspecified atom stereocenters. The van der Waals surface area contributed by atoms with Crippen LogP contribution in [0.4, 0.5) is 8.78 Å². The minimum Gasteiger partial charge on any atom is -0.324 e. The first kappa shape index (κ1) is 14.7. The van der Waals surface area contributed by atoms with Gasteiger partial charge in [-0.3, -0.25) is 9.36 Å². The third kappa shape index (κ3) is 5.97. The molecule has 0 radical (unpaired) electrons. The second kappa shape index (κ2) is 5.14. The fraction of sp³-hybridized carbons (Fsp3) is 0.875. The van der Waals surface area contributed by atoms with E-state index in [-0.39, 0.29) is 5.92 Å². The predicted molar refractivity (Wildman–Crippen MR) is 50.9 cm³/mol. The second-order valence-corrected chi connectivity index (χ2v) is 5.31. The summed E-state index contributed by atoms with van der Waals surface area (Å²) in [5, 5.41) is 0. The van der Waals surface area contributed by atoms with E-state index >= 15 is 0 Å². The highest BCUT2D eigenvalue weighted by Crippen LogP contribution is 2.38. The van der Waals surface area contributed by atoms with E-state index in [4.69, 9.17) is 9.79 Å². The molecule has 0 spiro atoms. The zero-order valence-corrected chi connectivity index (χ0v) is 9.51. The van der Waals surface area contributed by atoms with Crippen molar-refractivity contribution < 1.29 is 27.9 Å². The Bertz CT molecular complexity index is 274. The van der Waals surface area contributed by atoms with Crippen molar-refractivity contribution in [3.8, 4) is 0 Å². The minimum atomic E-state index is -4.70. The maximum atomic E-state index is 13.1. The van der Waals surface area contributed by atoms with Gasteiger partial charge in [0.25, 0.3) is 0 Å². The molecule has 0 aromatic rings. The summed E-state index contributed by atoms with van der Waals surface area (Å²) in [6.07, 6.45) is -1.57. The number of hydrogen-bond acceptors (Lipinski definition) is 2. The SMILES string of the molecule is CCC(C)CC(F)(F)C(=O)CP(=O)(O)O. The smallest absolute Gasteiger partial charge is 0.324 e. The lowest BCUT2D eigenvalue weighted by atomic mass is 9.98. The molecule has 1 atom stereocenters. The van der Waals surface area contributed by atoms with E-state index in [1.165, 1.54) is 0 Å². The summed E-state index contributed by atoms with van der Waals surface area (Å²) < 4.78 is 36.6. The summed E-state index contributed by atoms with van der Waals surface area (Å²) in [5.41, 5.74) is 0. The lowest BCUT2D eigenvalue weighted by molar-refractivity contribution is -0.142. The minimum absolute atomic E-state index is 0.360. The average molecular weight is 244 g/mol. The van der Waals surface area contributed by atoms with Gasteiger partial charge in [0.2, 0.25) is 5.78 Å². The van der Waals surface area contributed by atoms with Crippen LogP contribution in [0.25, 0.3) is 0 Å². The Morgan fingerprint density at radius 2 is 1.93 bits per heavy atom. The van der Waals surface area contributed by atoms with Crippen LogP contribution in [0.15, 0.2) is 0 Å². The number of rotatable bonds is 6. The molecular formula is C8H15F2O4P. The van der Waals surface area contributed by atoms with Gasteiger partial charge in [-0.2, -0.15) is 8.78 Å². The first-order valence-electron chi connectivity index (χ1n) is 4.54. The fourth-order valence-electron chi connectivity index (χ4n) is 0.999. The van der Waals surface area contributed by atoms with Crippen molar-refractivity contribution in [2.75, 3.05) is 6.16 Å². The van der Waals surface area contributed by atoms with Crippen LogP contribution >= 0.6 is 7.60 Å². The van der Waals surface area contributed by atoms with Crippen LogP contribution in [0, 0.1) is 5.92 Å². The lowest BCUT2D eigenvalue weighted by Crippen LogP contribution is -2.33. The standard InChI is InChI=1S/C8H15F2O4P/c1-3-6(2)4-8(9,10)7(11)5-15(12,13)14/h6H,3-5H2,1-2H3,(H2,12,13,14). The molecule has 0 aromatic heterocycles. The van der Waals surface area contributed by atoms with Crippen molar-refractivity contribution in [2.24, 2.45) is 5.92 Å². The van der Waals surface area contributed by atoms with Gasteiger partial charge in [-0.15, -0.1) is 0 Å². The van der Waals surface area contributed by atoms with Gasteiger partial charge in [0.05, 0.1) is 0 Å². The monoisotopic (exact) mass is 244 g/mol. The predicted octanol–water partition coefficient (Wildman–Crippen LogP) is 1.80. The van der Waals surface area contributed by atoms with Crippen LogP contribution in [0.1, 0.15) is 26.7 Å². The Labute approximate surface area is 86.8 Å². The van der Waals surface area contributed by atoms with Crippen LogP contribution in [0.3, 0.4) is 0 Å². The maximum absolute atomic E-state index is 13.1. The largest absolute Gasteiger partial charge is 0.333 e. The van der Waals surface area contributed by atoms with E-state index in [1.807, 2.05) is 0 Å². The summed E-state index contributed by atoms with van der Waals surface area (Å²) in [4.78, 5) is 27.7. The highest BCUT2D eigenvalue weighted by Gasteiger charge is 2.42. The molecule has 0 fully saturated rings. The van der Waals surface area contributed by atoms with Crippen LogP contribution < -0.4 is 0 Å². The van der Waals surface area contributed by atoms with Gasteiger partial charge in [-0.05, 0) is 5.92 Å². The number of ketones is 1. The summed E-state index contributed by atoms with van der Waals surface area (Å²) in [6.45, 7) is 3.26.